The molecule has 1 amide bonds. The van der Waals surface area contributed by atoms with Crippen molar-refractivity contribution in [3.8, 4) is 5.75 Å². The fourth-order valence-corrected chi connectivity index (χ4v) is 5.58. The second-order valence-corrected chi connectivity index (χ2v) is 9.40. The fraction of sp³-hybridized carbons (Fsp3) is 0.107. The lowest BCUT2D eigenvalue weighted by molar-refractivity contribution is 0.0971. The van der Waals surface area contributed by atoms with Crippen molar-refractivity contribution in [2.45, 2.75) is 13.0 Å². The highest BCUT2D eigenvalue weighted by atomic mass is 32.1. The minimum absolute atomic E-state index is 0.0477. The largest absolute Gasteiger partial charge is 0.490 e. The molecular weight excluding hydrogens is 460 g/mol. The number of hydrogen-bond acceptors (Lipinski definition) is 6. The molecule has 1 atom stereocenters. The fourth-order valence-electron chi connectivity index (χ4n) is 4.48. The predicted octanol–water partition coefficient (Wildman–Crippen LogP) is 6.03. The summed E-state index contributed by atoms with van der Waals surface area (Å²) in [6, 6.07) is 19.7. The van der Waals surface area contributed by atoms with Gasteiger partial charge in [0.05, 0.1) is 27.2 Å². The number of ether oxygens (including phenoxy) is 1. The van der Waals surface area contributed by atoms with Crippen molar-refractivity contribution in [2.24, 2.45) is 0 Å². The van der Waals surface area contributed by atoms with E-state index >= 15 is 0 Å². The number of fused-ring (bicyclic) bond motifs is 3. The highest BCUT2D eigenvalue weighted by Crippen LogP contribution is 2.44. The Morgan fingerprint density at radius 3 is 2.83 bits per heavy atom. The molecule has 35 heavy (non-hydrogen) atoms. The molecule has 0 fully saturated rings. The average Bonchev–Trinajstić information content (AvgIpc) is 3.41. The van der Waals surface area contributed by atoms with E-state index < -0.39 is 6.04 Å². The maximum Gasteiger partial charge on any atom is 0.297 e. The molecule has 1 aliphatic heterocycles. The molecule has 0 saturated carbocycles. The Labute approximate surface area is 204 Å². The summed E-state index contributed by atoms with van der Waals surface area (Å²) in [6.45, 7) is 6.06. The van der Waals surface area contributed by atoms with Crippen LogP contribution in [0.2, 0.25) is 0 Å². The monoisotopic (exact) mass is 480 g/mol. The number of anilines is 1. The van der Waals surface area contributed by atoms with E-state index in [0.717, 1.165) is 21.3 Å². The van der Waals surface area contributed by atoms with Gasteiger partial charge in [-0.2, -0.15) is 0 Å². The van der Waals surface area contributed by atoms with Crippen LogP contribution in [0.15, 0.2) is 88.6 Å². The van der Waals surface area contributed by atoms with Crippen LogP contribution in [0.1, 0.15) is 33.3 Å². The van der Waals surface area contributed by atoms with E-state index in [9.17, 15) is 9.59 Å². The van der Waals surface area contributed by atoms with Gasteiger partial charge in [-0.25, -0.2) is 4.98 Å². The number of thiazole rings is 1. The number of aromatic nitrogens is 1. The van der Waals surface area contributed by atoms with Crippen LogP contribution in [-0.4, -0.2) is 17.5 Å². The molecule has 3 aromatic carbocycles. The molecule has 0 N–H and O–H groups in total. The SMILES string of the molecule is C=CCOc1cccc([C@H]2c3c(oc4ccccc4c3=O)C(=O)N2c2nc3ccc(C)cc3s2)c1. The van der Waals surface area contributed by atoms with Crippen molar-refractivity contribution in [2.75, 3.05) is 11.5 Å². The van der Waals surface area contributed by atoms with Gasteiger partial charge in [-0.15, -0.1) is 0 Å². The number of rotatable bonds is 5. The van der Waals surface area contributed by atoms with E-state index in [1.54, 1.807) is 35.2 Å². The van der Waals surface area contributed by atoms with Crippen LogP contribution in [0.4, 0.5) is 5.13 Å². The Hall–Kier alpha value is -4.23. The van der Waals surface area contributed by atoms with Crippen LogP contribution in [0, 0.1) is 6.92 Å². The molecule has 6 nitrogen and oxygen atoms in total. The van der Waals surface area contributed by atoms with Crippen molar-refractivity contribution < 1.29 is 13.9 Å². The number of para-hydroxylation sites is 1. The van der Waals surface area contributed by atoms with Gasteiger partial charge in [-0.3, -0.25) is 14.5 Å². The summed E-state index contributed by atoms with van der Waals surface area (Å²) in [5.41, 5.74) is 3.10. The lowest BCUT2D eigenvalue weighted by atomic mass is 9.98. The Balaban J connectivity index is 1.60. The van der Waals surface area contributed by atoms with Gasteiger partial charge in [-0.05, 0) is 54.4 Å². The van der Waals surface area contributed by atoms with E-state index in [1.165, 1.54) is 11.3 Å². The molecule has 0 bridgehead atoms. The van der Waals surface area contributed by atoms with Crippen LogP contribution >= 0.6 is 11.3 Å². The maximum absolute atomic E-state index is 13.8. The van der Waals surface area contributed by atoms with Crippen LogP contribution in [0.5, 0.6) is 5.75 Å². The number of nitrogens with zero attached hydrogens (tertiary/aromatic N) is 2. The molecule has 7 heteroatoms. The number of carbonyl (C=O) groups excluding carboxylic acids is 1. The number of aryl methyl sites for hydroxylation is 1. The summed E-state index contributed by atoms with van der Waals surface area (Å²) >= 11 is 1.42. The number of hydrogen-bond donors (Lipinski definition) is 0. The van der Waals surface area contributed by atoms with Crippen molar-refractivity contribution >= 4 is 43.6 Å². The molecule has 0 aliphatic carbocycles. The molecular formula is C28H20N2O4S. The van der Waals surface area contributed by atoms with Gasteiger partial charge >= 0.3 is 0 Å². The van der Waals surface area contributed by atoms with Gasteiger partial charge in [-0.1, -0.05) is 54.3 Å². The summed E-state index contributed by atoms with van der Waals surface area (Å²) in [4.78, 5) is 33.8. The Morgan fingerprint density at radius 1 is 1.11 bits per heavy atom. The van der Waals surface area contributed by atoms with Crippen molar-refractivity contribution in [1.82, 2.24) is 4.98 Å². The standard InChI is InChI=1S/C28H20N2O4S/c1-3-13-33-18-8-6-7-17(15-18)24-23-25(31)19-9-4-5-10-21(19)34-26(23)27(32)30(24)28-29-20-12-11-16(2)14-22(20)35-28/h3-12,14-15,24H,1,13H2,2H3/t24-/m0/s1. The molecule has 0 saturated heterocycles. The minimum Gasteiger partial charge on any atom is -0.490 e. The van der Waals surface area contributed by atoms with Crippen molar-refractivity contribution in [1.29, 1.82) is 0 Å². The first-order valence-electron chi connectivity index (χ1n) is 11.2. The first kappa shape index (κ1) is 21.3. The number of benzene rings is 3. The topological polar surface area (TPSA) is 72.6 Å². The quantitative estimate of drug-likeness (QED) is 0.287. The number of carbonyl (C=O) groups is 1. The summed E-state index contributed by atoms with van der Waals surface area (Å²) < 4.78 is 12.7. The van der Waals surface area contributed by atoms with Gasteiger partial charge < -0.3 is 9.15 Å². The van der Waals surface area contributed by atoms with Crippen molar-refractivity contribution in [3.05, 3.63) is 112 Å². The third-order valence-corrected chi connectivity index (χ3v) is 7.08. The van der Waals surface area contributed by atoms with Gasteiger partial charge in [0.25, 0.3) is 5.91 Å². The van der Waals surface area contributed by atoms with E-state index in [2.05, 4.69) is 6.58 Å². The molecule has 5 aromatic rings. The average molecular weight is 481 g/mol. The predicted molar refractivity (Wildman–Crippen MR) is 138 cm³/mol. The second-order valence-electron chi connectivity index (χ2n) is 8.39. The molecule has 172 valence electrons. The van der Waals surface area contributed by atoms with Crippen LogP contribution in [-0.2, 0) is 0 Å². The lowest BCUT2D eigenvalue weighted by Crippen LogP contribution is -2.29. The zero-order valence-electron chi connectivity index (χ0n) is 18.9. The van der Waals surface area contributed by atoms with Gasteiger partial charge in [0.1, 0.15) is 17.9 Å². The van der Waals surface area contributed by atoms with E-state index in [-0.39, 0.29) is 17.1 Å². The highest BCUT2D eigenvalue weighted by Gasteiger charge is 2.45. The molecule has 6 rings (SSSR count). The summed E-state index contributed by atoms with van der Waals surface area (Å²) in [7, 11) is 0. The van der Waals surface area contributed by atoms with Gasteiger partial charge in [0.2, 0.25) is 5.76 Å². The van der Waals surface area contributed by atoms with Crippen molar-refractivity contribution in [3.63, 3.8) is 0 Å². The first-order valence-corrected chi connectivity index (χ1v) is 12.0. The van der Waals surface area contributed by atoms with Gasteiger partial charge in [0.15, 0.2) is 10.6 Å². The third-order valence-electron chi connectivity index (χ3n) is 6.06. The third kappa shape index (κ3) is 3.43. The molecule has 3 heterocycles. The molecule has 0 radical (unpaired) electrons. The molecule has 1 aliphatic rings. The molecule has 0 unspecified atom stereocenters. The van der Waals surface area contributed by atoms with Crippen LogP contribution in [0.25, 0.3) is 21.2 Å². The summed E-state index contributed by atoms with van der Waals surface area (Å²) in [6.07, 6.45) is 1.66. The molecule has 2 aromatic heterocycles. The molecule has 0 spiro atoms. The Bertz CT molecular complexity index is 1700. The summed E-state index contributed by atoms with van der Waals surface area (Å²) in [5, 5.41) is 0.942. The summed E-state index contributed by atoms with van der Waals surface area (Å²) in [5.74, 6) is 0.279. The maximum atomic E-state index is 13.8. The lowest BCUT2D eigenvalue weighted by Gasteiger charge is -2.23. The van der Waals surface area contributed by atoms with Crippen LogP contribution in [0.3, 0.4) is 0 Å². The second kappa shape index (κ2) is 8.21. The number of amides is 1. The van der Waals surface area contributed by atoms with E-state index in [0.29, 0.717) is 34.0 Å². The zero-order chi connectivity index (χ0) is 24.1. The van der Waals surface area contributed by atoms with E-state index in [4.69, 9.17) is 14.1 Å². The van der Waals surface area contributed by atoms with Gasteiger partial charge in [0, 0.05) is 0 Å². The minimum atomic E-state index is -0.702. The Morgan fingerprint density at radius 2 is 1.97 bits per heavy atom. The highest BCUT2D eigenvalue weighted by molar-refractivity contribution is 7.22. The van der Waals surface area contributed by atoms with Crippen LogP contribution < -0.4 is 15.1 Å². The smallest absolute Gasteiger partial charge is 0.297 e. The Kier molecular flexibility index (Phi) is 5.00. The zero-order valence-corrected chi connectivity index (χ0v) is 19.7. The normalized spacial score (nSPS) is 15.1. The first-order chi connectivity index (χ1) is 17.0. The van der Waals surface area contributed by atoms with E-state index in [1.807, 2.05) is 49.4 Å².